The highest BCUT2D eigenvalue weighted by molar-refractivity contribution is 8.02. The van der Waals surface area contributed by atoms with Crippen LogP contribution in [0, 0.1) is 0 Å². The lowest BCUT2D eigenvalue weighted by Gasteiger charge is -2.13. The third-order valence-corrected chi connectivity index (χ3v) is 7.76. The maximum Gasteiger partial charge on any atom is 0.339 e. The van der Waals surface area contributed by atoms with E-state index in [1.165, 1.54) is 18.7 Å². The van der Waals surface area contributed by atoms with Crippen molar-refractivity contribution < 1.29 is 27.5 Å². The summed E-state index contributed by atoms with van der Waals surface area (Å²) in [5.74, 6) is 0.185. The summed E-state index contributed by atoms with van der Waals surface area (Å²) in [4.78, 5) is 24.8. The third-order valence-electron chi connectivity index (χ3n) is 4.43. The van der Waals surface area contributed by atoms with Crippen molar-refractivity contribution in [3.05, 3.63) is 59.7 Å². The minimum Gasteiger partial charge on any atom is -0.489 e. The summed E-state index contributed by atoms with van der Waals surface area (Å²) in [6.45, 7) is 1.61. The minimum absolute atomic E-state index is 0.0296. The van der Waals surface area contributed by atoms with E-state index in [4.69, 9.17) is 9.47 Å². The molecule has 6 nitrogen and oxygen atoms in total. The molecule has 0 aromatic heterocycles. The molecule has 8 heteroatoms. The highest BCUT2D eigenvalue weighted by atomic mass is 32.2. The average Bonchev–Trinajstić information content (AvgIpc) is 3.04. The fourth-order valence-corrected chi connectivity index (χ4v) is 6.64. The van der Waals surface area contributed by atoms with E-state index < -0.39 is 15.8 Å². The van der Waals surface area contributed by atoms with E-state index in [-0.39, 0.29) is 35.8 Å². The maximum absolute atomic E-state index is 12.5. The lowest BCUT2D eigenvalue weighted by atomic mass is 10.1. The van der Waals surface area contributed by atoms with Gasteiger partial charge in [0.25, 0.3) is 0 Å². The van der Waals surface area contributed by atoms with Crippen LogP contribution in [-0.4, -0.2) is 50.1 Å². The molecular formula is C21H22O6S2. The molecule has 0 radical (unpaired) electrons. The number of ether oxygens (including phenoxy) is 2. The topological polar surface area (TPSA) is 86.7 Å². The van der Waals surface area contributed by atoms with E-state index in [2.05, 4.69) is 0 Å². The first-order valence-electron chi connectivity index (χ1n) is 9.22. The van der Waals surface area contributed by atoms with Crippen LogP contribution in [0.3, 0.4) is 0 Å². The molecule has 29 heavy (non-hydrogen) atoms. The van der Waals surface area contributed by atoms with Gasteiger partial charge < -0.3 is 9.47 Å². The van der Waals surface area contributed by atoms with Crippen molar-refractivity contribution in [2.24, 2.45) is 0 Å². The van der Waals surface area contributed by atoms with Gasteiger partial charge in [-0.15, -0.1) is 11.8 Å². The van der Waals surface area contributed by atoms with Gasteiger partial charge in [0.2, 0.25) is 0 Å². The number of carbonyl (C=O) groups is 2. The van der Waals surface area contributed by atoms with Crippen molar-refractivity contribution in [2.75, 3.05) is 24.7 Å². The van der Waals surface area contributed by atoms with E-state index in [0.29, 0.717) is 28.2 Å². The van der Waals surface area contributed by atoms with Gasteiger partial charge in [-0.2, -0.15) is 0 Å². The molecule has 2 aromatic carbocycles. The number of hydrogen-bond donors (Lipinski definition) is 0. The average molecular weight is 435 g/mol. The van der Waals surface area contributed by atoms with Gasteiger partial charge in [-0.25, -0.2) is 13.2 Å². The standard InChI is InChI=1S/C21H22O6S2/c1-15(22)17-6-2-4-8-19(17)26-11-12-27-21(23)18-7-3-5-9-20(18)28-16-10-13-29(24,25)14-16/h2-9,16H,10-14H2,1H3/t16-/m1/s1. The van der Waals surface area contributed by atoms with Crippen molar-refractivity contribution in [2.45, 2.75) is 23.5 Å². The van der Waals surface area contributed by atoms with Gasteiger partial charge >= 0.3 is 5.97 Å². The predicted molar refractivity (Wildman–Crippen MR) is 112 cm³/mol. The Morgan fingerprint density at radius 3 is 2.41 bits per heavy atom. The number of sulfone groups is 1. The van der Waals surface area contributed by atoms with Gasteiger partial charge in [0.15, 0.2) is 15.6 Å². The van der Waals surface area contributed by atoms with Gasteiger partial charge in [0.05, 0.1) is 22.6 Å². The van der Waals surface area contributed by atoms with Gasteiger partial charge in [-0.3, -0.25) is 4.79 Å². The summed E-state index contributed by atoms with van der Waals surface area (Å²) < 4.78 is 34.2. The molecule has 1 saturated heterocycles. The first-order chi connectivity index (χ1) is 13.9. The van der Waals surface area contributed by atoms with Crippen LogP contribution >= 0.6 is 11.8 Å². The number of hydrogen-bond acceptors (Lipinski definition) is 7. The van der Waals surface area contributed by atoms with Crippen LogP contribution in [0.25, 0.3) is 0 Å². The summed E-state index contributed by atoms with van der Waals surface area (Å²) in [6, 6.07) is 13.9. The molecule has 0 spiro atoms. The number of Topliss-reactive ketones (excluding diaryl/α,β-unsaturated/α-hetero) is 1. The Kier molecular flexibility index (Phi) is 6.97. The molecule has 0 unspecified atom stereocenters. The second-order valence-corrected chi connectivity index (χ2v) is 10.2. The monoisotopic (exact) mass is 434 g/mol. The molecule has 0 saturated carbocycles. The Bertz CT molecular complexity index is 1000. The molecule has 1 heterocycles. The molecule has 3 rings (SSSR count). The Morgan fingerprint density at radius 1 is 1.03 bits per heavy atom. The first-order valence-corrected chi connectivity index (χ1v) is 11.9. The molecule has 1 aliphatic heterocycles. The van der Waals surface area contributed by atoms with E-state index in [0.717, 1.165) is 0 Å². The van der Waals surface area contributed by atoms with Crippen molar-refractivity contribution in [1.29, 1.82) is 0 Å². The lowest BCUT2D eigenvalue weighted by Crippen LogP contribution is -2.14. The molecule has 0 amide bonds. The third kappa shape index (κ3) is 5.83. The van der Waals surface area contributed by atoms with Crippen molar-refractivity contribution >= 4 is 33.4 Å². The van der Waals surface area contributed by atoms with Crippen LogP contribution in [0.1, 0.15) is 34.1 Å². The number of ketones is 1. The number of esters is 1. The zero-order chi connectivity index (χ0) is 20.9. The zero-order valence-electron chi connectivity index (χ0n) is 16.0. The summed E-state index contributed by atoms with van der Waals surface area (Å²) >= 11 is 1.40. The molecule has 1 atom stereocenters. The number of benzene rings is 2. The Labute approximate surface area is 174 Å². The van der Waals surface area contributed by atoms with Crippen molar-refractivity contribution in [3.8, 4) is 5.75 Å². The van der Waals surface area contributed by atoms with Gasteiger partial charge in [-0.05, 0) is 37.6 Å². The van der Waals surface area contributed by atoms with E-state index in [1.54, 1.807) is 42.5 Å². The summed E-state index contributed by atoms with van der Waals surface area (Å²) in [7, 11) is -2.98. The summed E-state index contributed by atoms with van der Waals surface area (Å²) in [5, 5.41) is -0.0552. The number of thioether (sulfide) groups is 1. The molecule has 1 aliphatic rings. The Morgan fingerprint density at radius 2 is 1.72 bits per heavy atom. The molecule has 0 bridgehead atoms. The van der Waals surface area contributed by atoms with E-state index in [9.17, 15) is 18.0 Å². The van der Waals surface area contributed by atoms with Crippen LogP contribution in [-0.2, 0) is 14.6 Å². The quantitative estimate of drug-likeness (QED) is 0.357. The number of carbonyl (C=O) groups excluding carboxylic acids is 2. The van der Waals surface area contributed by atoms with Gasteiger partial charge in [-0.1, -0.05) is 24.3 Å². The van der Waals surface area contributed by atoms with Crippen molar-refractivity contribution in [1.82, 2.24) is 0 Å². The second kappa shape index (κ2) is 9.45. The molecule has 0 aliphatic carbocycles. The Balaban J connectivity index is 1.56. The molecular weight excluding hydrogens is 412 g/mol. The zero-order valence-corrected chi connectivity index (χ0v) is 17.6. The van der Waals surface area contributed by atoms with Crippen LogP contribution in [0.2, 0.25) is 0 Å². The Hall–Kier alpha value is -2.32. The van der Waals surface area contributed by atoms with E-state index in [1.807, 2.05) is 6.07 Å². The van der Waals surface area contributed by atoms with Crippen LogP contribution in [0.5, 0.6) is 5.75 Å². The van der Waals surface area contributed by atoms with Crippen molar-refractivity contribution in [3.63, 3.8) is 0 Å². The van der Waals surface area contributed by atoms with Crippen LogP contribution in [0.15, 0.2) is 53.4 Å². The fourth-order valence-electron chi connectivity index (χ4n) is 3.02. The SMILES string of the molecule is CC(=O)c1ccccc1OCCOC(=O)c1ccccc1S[C@@H]1CCS(=O)(=O)C1. The number of para-hydroxylation sites is 1. The number of rotatable bonds is 8. The smallest absolute Gasteiger partial charge is 0.339 e. The van der Waals surface area contributed by atoms with Gasteiger partial charge in [0, 0.05) is 10.1 Å². The van der Waals surface area contributed by atoms with Crippen LogP contribution in [0.4, 0.5) is 0 Å². The normalized spacial score (nSPS) is 17.6. The largest absolute Gasteiger partial charge is 0.489 e. The summed E-state index contributed by atoms with van der Waals surface area (Å²) in [6.07, 6.45) is 0.583. The molecule has 154 valence electrons. The minimum atomic E-state index is -2.98. The highest BCUT2D eigenvalue weighted by Crippen LogP contribution is 2.33. The van der Waals surface area contributed by atoms with Crippen LogP contribution < -0.4 is 4.74 Å². The second-order valence-electron chi connectivity index (χ2n) is 6.68. The molecule has 1 fully saturated rings. The first kappa shape index (κ1) is 21.4. The maximum atomic E-state index is 12.5. The summed E-state index contributed by atoms with van der Waals surface area (Å²) in [5.41, 5.74) is 0.887. The fraction of sp³-hybridized carbons (Fsp3) is 0.333. The highest BCUT2D eigenvalue weighted by Gasteiger charge is 2.29. The molecule has 0 N–H and O–H groups in total. The predicted octanol–water partition coefficient (Wildman–Crippen LogP) is 3.40. The van der Waals surface area contributed by atoms with Gasteiger partial charge in [0.1, 0.15) is 19.0 Å². The lowest BCUT2D eigenvalue weighted by molar-refractivity contribution is 0.0445. The molecule has 2 aromatic rings. The van der Waals surface area contributed by atoms with E-state index >= 15 is 0 Å².